The van der Waals surface area contributed by atoms with Crippen molar-refractivity contribution in [3.63, 3.8) is 0 Å². The van der Waals surface area contributed by atoms with Crippen molar-refractivity contribution in [2.45, 2.75) is 20.8 Å². The molecule has 0 saturated heterocycles. The molecule has 4 nitrogen and oxygen atoms in total. The molecule has 0 unspecified atom stereocenters. The summed E-state index contributed by atoms with van der Waals surface area (Å²) in [6.07, 6.45) is 1.66. The minimum Gasteiger partial charge on any atom is -0.465 e. The Morgan fingerprint density at radius 2 is 2.11 bits per heavy atom. The molecule has 96 valence electrons. The van der Waals surface area contributed by atoms with E-state index in [1.165, 1.54) is 7.11 Å². The van der Waals surface area contributed by atoms with Crippen LogP contribution < -0.4 is 0 Å². The molecule has 0 N–H and O–H groups in total. The maximum atomic E-state index is 11.8. The molecule has 0 aliphatic heterocycles. The third-order valence-corrected chi connectivity index (χ3v) is 2.38. The lowest BCUT2D eigenvalue weighted by Gasteiger charge is -2.08. The smallest absolute Gasteiger partial charge is 0.338 e. The number of rotatable bonds is 3. The Kier molecular flexibility index (Phi) is 5.24. The highest BCUT2D eigenvalue weighted by atomic mass is 16.5. The Balaban J connectivity index is 3.38. The molecule has 0 heterocycles. The van der Waals surface area contributed by atoms with Crippen molar-refractivity contribution in [1.29, 1.82) is 0 Å². The zero-order chi connectivity index (χ0) is 13.5. The summed E-state index contributed by atoms with van der Waals surface area (Å²) in [7, 11) is 1.37. The number of hydrogen-bond acceptors (Lipinski definition) is 3. The van der Waals surface area contributed by atoms with Crippen LogP contribution in [0.3, 0.4) is 0 Å². The summed E-state index contributed by atoms with van der Waals surface area (Å²) in [6, 6.07) is 5.57. The van der Waals surface area contributed by atoms with Gasteiger partial charge in [0, 0.05) is 18.3 Å². The van der Waals surface area contributed by atoms with Crippen molar-refractivity contribution in [3.05, 3.63) is 34.9 Å². The van der Waals surface area contributed by atoms with Crippen LogP contribution in [0.25, 0.3) is 0 Å². The summed E-state index contributed by atoms with van der Waals surface area (Å²) in [5, 5.41) is 0. The monoisotopic (exact) mass is 246 g/mol. The van der Waals surface area contributed by atoms with Gasteiger partial charge in [0.1, 0.15) is 0 Å². The first-order chi connectivity index (χ1) is 8.63. The average Bonchev–Trinajstić information content (AvgIpc) is 2.37. The lowest BCUT2D eigenvalue weighted by molar-refractivity contribution is 0.0600. The minimum atomic E-state index is -0.371. The number of ether oxygens (including phenoxy) is 1. The van der Waals surface area contributed by atoms with Gasteiger partial charge in [0.05, 0.1) is 12.7 Å². The largest absolute Gasteiger partial charge is 0.465 e. The first-order valence-corrected chi connectivity index (χ1v) is 5.86. The second-order valence-electron chi connectivity index (χ2n) is 3.73. The van der Waals surface area contributed by atoms with Crippen molar-refractivity contribution in [2.75, 3.05) is 13.7 Å². The summed E-state index contributed by atoms with van der Waals surface area (Å²) >= 11 is 0. The fourth-order valence-corrected chi connectivity index (χ4v) is 1.60. The Morgan fingerprint density at radius 3 is 2.67 bits per heavy atom. The molecule has 1 rings (SSSR count). The lowest BCUT2D eigenvalue weighted by Crippen LogP contribution is -2.10. The van der Waals surface area contributed by atoms with E-state index in [-0.39, 0.29) is 5.97 Å². The summed E-state index contributed by atoms with van der Waals surface area (Å²) < 4.78 is 4.79. The highest BCUT2D eigenvalue weighted by Crippen LogP contribution is 2.15. The molecule has 0 radical (unpaired) electrons. The van der Waals surface area contributed by atoms with Crippen LogP contribution in [0, 0.1) is 6.92 Å². The van der Waals surface area contributed by atoms with E-state index < -0.39 is 0 Å². The Bertz CT molecular complexity index is 491. The Labute approximate surface area is 107 Å². The molecule has 0 aliphatic rings. The van der Waals surface area contributed by atoms with E-state index in [9.17, 15) is 4.79 Å². The summed E-state index contributed by atoms with van der Waals surface area (Å²) in [6.45, 7) is 6.28. The number of methoxy groups -OCH3 is 1. The molecule has 0 aliphatic carbocycles. The number of carbonyl (C=O) groups is 1. The van der Waals surface area contributed by atoms with E-state index in [0.29, 0.717) is 23.5 Å². The van der Waals surface area contributed by atoms with Crippen molar-refractivity contribution < 1.29 is 9.53 Å². The molecule has 4 heteroatoms. The van der Waals surface area contributed by atoms with Crippen LogP contribution in [-0.4, -0.2) is 31.7 Å². The van der Waals surface area contributed by atoms with Gasteiger partial charge in [-0.2, -0.15) is 0 Å². The van der Waals surface area contributed by atoms with Crippen LogP contribution in [0.15, 0.2) is 28.2 Å². The van der Waals surface area contributed by atoms with Gasteiger partial charge in [-0.05, 0) is 26.8 Å². The summed E-state index contributed by atoms with van der Waals surface area (Å²) in [5.74, 6) is 0.184. The maximum Gasteiger partial charge on any atom is 0.338 e. The first-order valence-electron chi connectivity index (χ1n) is 5.86. The SMILES string of the molecule is CC=NC(=NCC)c1ccc(C)cc1C(=O)OC. The fraction of sp³-hybridized carbons (Fsp3) is 0.357. The second-order valence-corrected chi connectivity index (χ2v) is 3.73. The van der Waals surface area contributed by atoms with Gasteiger partial charge in [-0.25, -0.2) is 9.79 Å². The van der Waals surface area contributed by atoms with Crippen LogP contribution in [0.4, 0.5) is 0 Å². The summed E-state index contributed by atoms with van der Waals surface area (Å²) in [4.78, 5) is 20.3. The highest BCUT2D eigenvalue weighted by Gasteiger charge is 2.15. The van der Waals surface area contributed by atoms with E-state index in [4.69, 9.17) is 4.74 Å². The quantitative estimate of drug-likeness (QED) is 0.467. The number of amidine groups is 1. The van der Waals surface area contributed by atoms with E-state index in [1.54, 1.807) is 12.3 Å². The number of benzene rings is 1. The van der Waals surface area contributed by atoms with Crippen LogP contribution in [0.1, 0.15) is 35.3 Å². The Morgan fingerprint density at radius 1 is 1.39 bits per heavy atom. The van der Waals surface area contributed by atoms with E-state index in [0.717, 1.165) is 5.56 Å². The molecule has 0 fully saturated rings. The third-order valence-electron chi connectivity index (χ3n) is 2.38. The van der Waals surface area contributed by atoms with Crippen molar-refractivity contribution in [3.8, 4) is 0 Å². The molecular weight excluding hydrogens is 228 g/mol. The molecule has 0 bridgehead atoms. The molecule has 0 saturated carbocycles. The topological polar surface area (TPSA) is 51.0 Å². The minimum absolute atomic E-state index is 0.371. The number of esters is 1. The van der Waals surface area contributed by atoms with Gasteiger partial charge in [-0.3, -0.25) is 4.99 Å². The van der Waals surface area contributed by atoms with Crippen LogP contribution in [-0.2, 0) is 4.74 Å². The van der Waals surface area contributed by atoms with Crippen molar-refractivity contribution in [2.24, 2.45) is 9.98 Å². The number of hydrogen-bond donors (Lipinski definition) is 0. The van der Waals surface area contributed by atoms with Gasteiger partial charge in [0.15, 0.2) is 5.84 Å². The first kappa shape index (κ1) is 14.1. The molecule has 0 spiro atoms. The molecule has 0 amide bonds. The zero-order valence-electron chi connectivity index (χ0n) is 11.2. The number of carbonyl (C=O) groups excluding carboxylic acids is 1. The van der Waals surface area contributed by atoms with Crippen LogP contribution >= 0.6 is 0 Å². The van der Waals surface area contributed by atoms with Gasteiger partial charge in [-0.1, -0.05) is 17.7 Å². The normalized spacial score (nSPS) is 11.9. The van der Waals surface area contributed by atoms with Gasteiger partial charge in [0.25, 0.3) is 0 Å². The van der Waals surface area contributed by atoms with E-state index >= 15 is 0 Å². The molecule has 1 aromatic carbocycles. The number of nitrogens with zero attached hydrogens (tertiary/aromatic N) is 2. The zero-order valence-corrected chi connectivity index (χ0v) is 11.2. The van der Waals surface area contributed by atoms with E-state index in [2.05, 4.69) is 9.98 Å². The Hall–Kier alpha value is -1.97. The number of aryl methyl sites for hydroxylation is 1. The molecule has 0 aromatic heterocycles. The summed E-state index contributed by atoms with van der Waals surface area (Å²) in [5.41, 5.74) is 2.19. The predicted octanol–water partition coefficient (Wildman–Crippen LogP) is 2.64. The van der Waals surface area contributed by atoms with Crippen LogP contribution in [0.2, 0.25) is 0 Å². The predicted molar refractivity (Wildman–Crippen MR) is 73.8 cm³/mol. The standard InChI is InChI=1S/C14H18N2O2/c1-5-15-13(16-6-2)11-8-7-10(3)9-12(11)14(17)18-4/h5,7-9H,6H2,1-4H3. The van der Waals surface area contributed by atoms with Crippen molar-refractivity contribution in [1.82, 2.24) is 0 Å². The van der Waals surface area contributed by atoms with Gasteiger partial charge >= 0.3 is 5.97 Å². The van der Waals surface area contributed by atoms with Crippen LogP contribution in [0.5, 0.6) is 0 Å². The molecule has 0 atom stereocenters. The van der Waals surface area contributed by atoms with Gasteiger partial charge in [-0.15, -0.1) is 0 Å². The molecular formula is C14H18N2O2. The lowest BCUT2D eigenvalue weighted by atomic mass is 10.0. The average molecular weight is 246 g/mol. The maximum absolute atomic E-state index is 11.8. The molecule has 18 heavy (non-hydrogen) atoms. The van der Waals surface area contributed by atoms with Gasteiger partial charge < -0.3 is 4.74 Å². The fourth-order valence-electron chi connectivity index (χ4n) is 1.60. The van der Waals surface area contributed by atoms with Crippen molar-refractivity contribution >= 4 is 18.0 Å². The highest BCUT2D eigenvalue weighted by molar-refractivity contribution is 6.10. The molecule has 1 aromatic rings. The van der Waals surface area contributed by atoms with Gasteiger partial charge in [0.2, 0.25) is 0 Å². The number of aliphatic imine (C=N–C) groups is 2. The third kappa shape index (κ3) is 3.26. The second kappa shape index (κ2) is 6.69. The van der Waals surface area contributed by atoms with E-state index in [1.807, 2.05) is 32.9 Å².